The van der Waals surface area contributed by atoms with E-state index in [9.17, 15) is 0 Å². The number of nitrogens with one attached hydrogen (secondary N) is 1. The second kappa shape index (κ2) is 8.29. The van der Waals surface area contributed by atoms with Gasteiger partial charge in [0, 0.05) is 25.4 Å². The molecule has 1 aromatic heterocycles. The molecule has 1 aliphatic carbocycles. The van der Waals surface area contributed by atoms with Gasteiger partial charge in [-0.3, -0.25) is 0 Å². The fraction of sp³-hybridized carbons (Fsp3) is 0.750. The maximum Gasteiger partial charge on any atom is 0.209 e. The van der Waals surface area contributed by atoms with Crippen molar-refractivity contribution >= 4 is 11.8 Å². The molecule has 0 bridgehead atoms. The molecule has 1 N–H and O–H groups in total. The highest BCUT2D eigenvalue weighted by atomic mass is 32.2. The number of aromatic nitrogens is 4. The number of nitrogens with zero attached hydrogens (tertiary/aromatic N) is 4. The summed E-state index contributed by atoms with van der Waals surface area (Å²) < 4.78 is 6.85. The number of thioether (sulfide) groups is 1. The van der Waals surface area contributed by atoms with E-state index in [4.69, 9.17) is 4.74 Å². The first-order chi connectivity index (χ1) is 9.40. The highest BCUT2D eigenvalue weighted by molar-refractivity contribution is 7.99. The van der Waals surface area contributed by atoms with Crippen molar-refractivity contribution in [1.29, 1.82) is 0 Å². The van der Waals surface area contributed by atoms with Crippen molar-refractivity contribution in [3.8, 4) is 0 Å². The van der Waals surface area contributed by atoms with Gasteiger partial charge in [-0.1, -0.05) is 23.9 Å². The van der Waals surface area contributed by atoms with Crippen LogP contribution in [0, 0.1) is 0 Å². The highest BCUT2D eigenvalue weighted by Gasteiger charge is 2.14. The van der Waals surface area contributed by atoms with E-state index in [2.05, 4.69) is 33.0 Å². The minimum Gasteiger partial charge on any atom is -0.383 e. The number of hydrogen-bond acceptors (Lipinski definition) is 6. The number of rotatable bonds is 8. The van der Waals surface area contributed by atoms with Gasteiger partial charge < -0.3 is 10.1 Å². The van der Waals surface area contributed by atoms with Gasteiger partial charge in [-0.2, -0.15) is 0 Å². The summed E-state index contributed by atoms with van der Waals surface area (Å²) in [7, 11) is 1.70. The minimum atomic E-state index is 0.514. The largest absolute Gasteiger partial charge is 0.383 e. The van der Waals surface area contributed by atoms with Crippen LogP contribution < -0.4 is 5.32 Å². The van der Waals surface area contributed by atoms with E-state index in [0.29, 0.717) is 5.25 Å². The molecule has 6 nitrogen and oxygen atoms in total. The van der Waals surface area contributed by atoms with Gasteiger partial charge in [0.05, 0.1) is 13.2 Å². The van der Waals surface area contributed by atoms with Crippen molar-refractivity contribution in [3.05, 3.63) is 12.2 Å². The van der Waals surface area contributed by atoms with Crippen molar-refractivity contribution in [2.24, 2.45) is 0 Å². The Hall–Kier alpha value is -0.920. The van der Waals surface area contributed by atoms with Gasteiger partial charge in [-0.05, 0) is 29.7 Å². The van der Waals surface area contributed by atoms with Crippen LogP contribution in [0.4, 0.5) is 0 Å². The molecule has 1 aliphatic rings. The summed E-state index contributed by atoms with van der Waals surface area (Å²) in [5.41, 5.74) is 0. The third kappa shape index (κ3) is 4.93. The Labute approximate surface area is 118 Å². The zero-order valence-electron chi connectivity index (χ0n) is 11.3. The Morgan fingerprint density at radius 2 is 2.47 bits per heavy atom. The van der Waals surface area contributed by atoms with Crippen LogP contribution in [0.3, 0.4) is 0 Å². The van der Waals surface area contributed by atoms with Crippen LogP contribution in [0.25, 0.3) is 0 Å². The first kappa shape index (κ1) is 14.5. The molecule has 1 atom stereocenters. The van der Waals surface area contributed by atoms with Gasteiger partial charge in [0.1, 0.15) is 0 Å². The summed E-state index contributed by atoms with van der Waals surface area (Å²) in [5.74, 6) is 0. The SMILES string of the molecule is COCCNCCn1nnnc1SC1C=CCCC1. The van der Waals surface area contributed by atoms with Crippen molar-refractivity contribution in [3.63, 3.8) is 0 Å². The van der Waals surface area contributed by atoms with Crippen LogP contribution in [0.15, 0.2) is 17.3 Å². The molecule has 0 fully saturated rings. The predicted octanol–water partition coefficient (Wildman–Crippen LogP) is 1.11. The van der Waals surface area contributed by atoms with Crippen LogP contribution in [0.1, 0.15) is 19.3 Å². The van der Waals surface area contributed by atoms with Gasteiger partial charge in [0.25, 0.3) is 0 Å². The summed E-state index contributed by atoms with van der Waals surface area (Å²) in [5, 5.41) is 16.6. The molecule has 0 amide bonds. The smallest absolute Gasteiger partial charge is 0.209 e. The molecule has 1 heterocycles. The number of methoxy groups -OCH3 is 1. The number of allylic oxidation sites excluding steroid dienone is 1. The Bertz CT molecular complexity index is 395. The van der Waals surface area contributed by atoms with E-state index in [1.54, 1.807) is 18.9 Å². The summed E-state index contributed by atoms with van der Waals surface area (Å²) in [6.45, 7) is 3.22. The number of tetrazole rings is 1. The number of ether oxygens (including phenoxy) is 1. The quantitative estimate of drug-likeness (QED) is 0.569. The fourth-order valence-corrected chi connectivity index (χ4v) is 3.00. The summed E-state index contributed by atoms with van der Waals surface area (Å²) in [4.78, 5) is 0. The molecule has 0 aliphatic heterocycles. The van der Waals surface area contributed by atoms with Gasteiger partial charge in [0.15, 0.2) is 0 Å². The third-order valence-electron chi connectivity index (χ3n) is 2.95. The maximum atomic E-state index is 4.98. The standard InChI is InChI=1S/C12H21N5OS/c1-18-10-8-13-7-9-17-12(14-15-16-17)19-11-5-3-2-4-6-11/h3,5,11,13H,2,4,6-10H2,1H3. The molecular weight excluding hydrogens is 262 g/mol. The zero-order valence-corrected chi connectivity index (χ0v) is 12.1. The van der Waals surface area contributed by atoms with E-state index in [-0.39, 0.29) is 0 Å². The molecular formula is C12H21N5OS. The number of hydrogen-bond donors (Lipinski definition) is 1. The van der Waals surface area contributed by atoms with Crippen LogP contribution >= 0.6 is 11.8 Å². The second-order valence-electron chi connectivity index (χ2n) is 4.44. The first-order valence-corrected chi connectivity index (χ1v) is 7.57. The summed E-state index contributed by atoms with van der Waals surface area (Å²) >= 11 is 1.75. The first-order valence-electron chi connectivity index (χ1n) is 6.69. The maximum absolute atomic E-state index is 4.98. The fourth-order valence-electron chi connectivity index (χ4n) is 1.92. The Balaban J connectivity index is 1.76. The lowest BCUT2D eigenvalue weighted by molar-refractivity contribution is 0.199. The van der Waals surface area contributed by atoms with Crippen molar-refractivity contribution in [2.75, 3.05) is 26.8 Å². The predicted molar refractivity (Wildman–Crippen MR) is 75.2 cm³/mol. The monoisotopic (exact) mass is 283 g/mol. The molecule has 0 spiro atoms. The average molecular weight is 283 g/mol. The molecule has 0 saturated carbocycles. The normalized spacial score (nSPS) is 18.9. The van der Waals surface area contributed by atoms with Gasteiger partial charge in [0.2, 0.25) is 5.16 Å². The van der Waals surface area contributed by atoms with Gasteiger partial charge in [-0.15, -0.1) is 5.10 Å². The summed E-state index contributed by atoms with van der Waals surface area (Å²) in [6.07, 6.45) is 8.19. The van der Waals surface area contributed by atoms with Crippen LogP contribution in [-0.2, 0) is 11.3 Å². The lowest BCUT2D eigenvalue weighted by Gasteiger charge is -2.14. The average Bonchev–Trinajstić information content (AvgIpc) is 2.87. The van der Waals surface area contributed by atoms with Crippen molar-refractivity contribution in [1.82, 2.24) is 25.5 Å². The Morgan fingerprint density at radius 3 is 3.26 bits per heavy atom. The molecule has 19 heavy (non-hydrogen) atoms. The Kier molecular flexibility index (Phi) is 6.32. The van der Waals surface area contributed by atoms with E-state index < -0.39 is 0 Å². The molecule has 106 valence electrons. The van der Waals surface area contributed by atoms with Crippen molar-refractivity contribution in [2.45, 2.75) is 36.2 Å². The molecule has 0 aromatic carbocycles. The van der Waals surface area contributed by atoms with Crippen LogP contribution in [0.5, 0.6) is 0 Å². The third-order valence-corrected chi connectivity index (χ3v) is 4.15. The van der Waals surface area contributed by atoms with Crippen molar-refractivity contribution < 1.29 is 4.74 Å². The molecule has 0 saturated heterocycles. The van der Waals surface area contributed by atoms with E-state index in [1.807, 2.05) is 4.68 Å². The lowest BCUT2D eigenvalue weighted by Crippen LogP contribution is -2.24. The van der Waals surface area contributed by atoms with E-state index >= 15 is 0 Å². The molecule has 7 heteroatoms. The van der Waals surface area contributed by atoms with Crippen LogP contribution in [-0.4, -0.2) is 52.3 Å². The summed E-state index contributed by atoms with van der Waals surface area (Å²) in [6, 6.07) is 0. The molecule has 1 aromatic rings. The van der Waals surface area contributed by atoms with Crippen LogP contribution in [0.2, 0.25) is 0 Å². The van der Waals surface area contributed by atoms with E-state index in [1.165, 1.54) is 19.3 Å². The second-order valence-corrected chi connectivity index (χ2v) is 5.65. The zero-order chi connectivity index (χ0) is 13.3. The minimum absolute atomic E-state index is 0.514. The highest BCUT2D eigenvalue weighted by Crippen LogP contribution is 2.28. The topological polar surface area (TPSA) is 64.9 Å². The van der Waals surface area contributed by atoms with Gasteiger partial charge in [-0.25, -0.2) is 4.68 Å². The molecule has 1 unspecified atom stereocenters. The molecule has 2 rings (SSSR count). The van der Waals surface area contributed by atoms with E-state index in [0.717, 1.165) is 31.4 Å². The lowest BCUT2D eigenvalue weighted by atomic mass is 10.1. The molecule has 0 radical (unpaired) electrons. The van der Waals surface area contributed by atoms with Gasteiger partial charge >= 0.3 is 0 Å². The Morgan fingerprint density at radius 1 is 1.53 bits per heavy atom.